The van der Waals surface area contributed by atoms with Crippen LogP contribution in [0.5, 0.6) is 5.75 Å². The van der Waals surface area contributed by atoms with Crippen molar-refractivity contribution >= 4 is 5.91 Å². The van der Waals surface area contributed by atoms with E-state index < -0.39 is 0 Å². The predicted octanol–water partition coefficient (Wildman–Crippen LogP) is 0.718. The molecule has 0 aliphatic rings. The number of carbonyl (C=O) groups excluding carboxylic acids is 1. The first-order valence-electron chi connectivity index (χ1n) is 4.55. The summed E-state index contributed by atoms with van der Waals surface area (Å²) in [6.07, 6.45) is 3.65. The van der Waals surface area contributed by atoms with Gasteiger partial charge in [-0.05, 0) is 13.8 Å². The van der Waals surface area contributed by atoms with Crippen LogP contribution in [0.2, 0.25) is 0 Å². The number of nitrogens with two attached hydrogens (primary N) is 1. The second-order valence-corrected chi connectivity index (χ2v) is 3.31. The van der Waals surface area contributed by atoms with Crippen molar-refractivity contribution in [1.82, 2.24) is 9.78 Å². The lowest BCUT2D eigenvalue weighted by Crippen LogP contribution is -2.14. The van der Waals surface area contributed by atoms with Crippen molar-refractivity contribution in [2.45, 2.75) is 26.3 Å². The monoisotopic (exact) mass is 197 g/mol. The number of nitrogens with zero attached hydrogens (tertiary/aromatic N) is 2. The van der Waals surface area contributed by atoms with E-state index in [1.165, 1.54) is 0 Å². The molecule has 0 saturated heterocycles. The Morgan fingerprint density at radius 2 is 2.43 bits per heavy atom. The van der Waals surface area contributed by atoms with Crippen molar-refractivity contribution in [3.63, 3.8) is 0 Å². The van der Waals surface area contributed by atoms with Crippen LogP contribution in [-0.4, -0.2) is 22.3 Å². The highest BCUT2D eigenvalue weighted by Crippen LogP contribution is 2.12. The van der Waals surface area contributed by atoms with Gasteiger partial charge in [-0.2, -0.15) is 5.10 Å². The summed E-state index contributed by atoms with van der Waals surface area (Å²) >= 11 is 0. The van der Waals surface area contributed by atoms with Crippen molar-refractivity contribution in [3.8, 4) is 5.75 Å². The van der Waals surface area contributed by atoms with E-state index in [1.807, 2.05) is 13.8 Å². The molecule has 1 amide bonds. The predicted molar refractivity (Wildman–Crippen MR) is 51.9 cm³/mol. The van der Waals surface area contributed by atoms with Gasteiger partial charge in [0.15, 0.2) is 5.75 Å². The molecule has 0 saturated carbocycles. The van der Waals surface area contributed by atoms with Gasteiger partial charge in [0.25, 0.3) is 0 Å². The van der Waals surface area contributed by atoms with E-state index in [4.69, 9.17) is 10.5 Å². The third-order valence-electron chi connectivity index (χ3n) is 1.72. The summed E-state index contributed by atoms with van der Waals surface area (Å²) in [6.45, 7) is 4.36. The number of carbonyl (C=O) groups is 1. The Bertz CT molecular complexity index is 307. The molecule has 0 aromatic carbocycles. The van der Waals surface area contributed by atoms with Crippen LogP contribution in [0, 0.1) is 0 Å². The number of amides is 1. The summed E-state index contributed by atoms with van der Waals surface area (Å²) in [4.78, 5) is 10.4. The van der Waals surface area contributed by atoms with E-state index in [0.717, 1.165) is 0 Å². The number of primary amides is 1. The van der Waals surface area contributed by atoms with Crippen molar-refractivity contribution in [2.24, 2.45) is 5.73 Å². The molecule has 1 aromatic rings. The fourth-order valence-corrected chi connectivity index (χ4v) is 0.947. The quantitative estimate of drug-likeness (QED) is 0.756. The summed E-state index contributed by atoms with van der Waals surface area (Å²) in [5, 5.41) is 4.09. The minimum absolute atomic E-state index is 0.229. The summed E-state index contributed by atoms with van der Waals surface area (Å²) < 4.78 is 7.05. The highest BCUT2D eigenvalue weighted by Gasteiger charge is 2.02. The Labute approximate surface area is 82.8 Å². The van der Waals surface area contributed by atoms with Gasteiger partial charge in [0.2, 0.25) is 5.91 Å². The van der Waals surface area contributed by atoms with E-state index in [0.29, 0.717) is 18.4 Å². The van der Waals surface area contributed by atoms with Gasteiger partial charge < -0.3 is 10.5 Å². The topological polar surface area (TPSA) is 70.1 Å². The van der Waals surface area contributed by atoms with Gasteiger partial charge in [-0.15, -0.1) is 0 Å². The minimum atomic E-state index is -0.360. The lowest BCUT2D eigenvalue weighted by Gasteiger charge is -2.03. The van der Waals surface area contributed by atoms with Crippen LogP contribution >= 0.6 is 0 Å². The summed E-state index contributed by atoms with van der Waals surface area (Å²) in [5.74, 6) is 0.307. The number of ether oxygens (including phenoxy) is 1. The van der Waals surface area contributed by atoms with Crippen LogP contribution in [0.15, 0.2) is 12.4 Å². The van der Waals surface area contributed by atoms with Crippen LogP contribution in [0.25, 0.3) is 0 Å². The van der Waals surface area contributed by atoms with E-state index in [9.17, 15) is 4.79 Å². The zero-order valence-corrected chi connectivity index (χ0v) is 8.43. The van der Waals surface area contributed by atoms with Crippen LogP contribution < -0.4 is 10.5 Å². The zero-order valence-electron chi connectivity index (χ0n) is 8.43. The minimum Gasteiger partial charge on any atom is -0.490 e. The molecule has 0 spiro atoms. The molecule has 0 unspecified atom stereocenters. The first-order chi connectivity index (χ1) is 6.59. The highest BCUT2D eigenvalue weighted by molar-refractivity contribution is 5.73. The van der Waals surface area contributed by atoms with E-state index >= 15 is 0 Å². The molecule has 5 nitrogen and oxygen atoms in total. The second-order valence-electron chi connectivity index (χ2n) is 3.31. The molecule has 1 aromatic heterocycles. The van der Waals surface area contributed by atoms with Crippen molar-refractivity contribution < 1.29 is 9.53 Å². The molecule has 78 valence electrons. The van der Waals surface area contributed by atoms with Gasteiger partial charge in [0, 0.05) is 6.04 Å². The highest BCUT2D eigenvalue weighted by atomic mass is 16.5. The van der Waals surface area contributed by atoms with Gasteiger partial charge in [0.1, 0.15) is 0 Å². The average molecular weight is 197 g/mol. The Balaban J connectivity index is 2.40. The van der Waals surface area contributed by atoms with Gasteiger partial charge in [-0.25, -0.2) is 0 Å². The molecule has 14 heavy (non-hydrogen) atoms. The third kappa shape index (κ3) is 3.08. The van der Waals surface area contributed by atoms with Gasteiger partial charge in [-0.1, -0.05) is 0 Å². The molecule has 1 heterocycles. The molecule has 2 N–H and O–H groups in total. The van der Waals surface area contributed by atoms with E-state index in [2.05, 4.69) is 5.10 Å². The lowest BCUT2D eigenvalue weighted by atomic mass is 10.4. The molecule has 0 radical (unpaired) electrons. The third-order valence-corrected chi connectivity index (χ3v) is 1.72. The maximum atomic E-state index is 10.4. The van der Waals surface area contributed by atoms with Gasteiger partial charge in [-0.3, -0.25) is 9.48 Å². The molecule has 1 rings (SSSR count). The van der Waals surface area contributed by atoms with E-state index in [1.54, 1.807) is 17.1 Å². The second kappa shape index (κ2) is 4.64. The first kappa shape index (κ1) is 10.6. The Morgan fingerprint density at radius 1 is 1.71 bits per heavy atom. The summed E-state index contributed by atoms with van der Waals surface area (Å²) in [5.41, 5.74) is 4.97. The Hall–Kier alpha value is -1.52. The molecule has 0 aliphatic heterocycles. The average Bonchev–Trinajstić information content (AvgIpc) is 2.52. The van der Waals surface area contributed by atoms with Crippen LogP contribution in [0.3, 0.4) is 0 Å². The fraction of sp³-hybridized carbons (Fsp3) is 0.556. The number of rotatable bonds is 5. The summed E-state index contributed by atoms with van der Waals surface area (Å²) in [6, 6.07) is 0.309. The number of hydrogen-bond acceptors (Lipinski definition) is 3. The van der Waals surface area contributed by atoms with Crippen LogP contribution in [-0.2, 0) is 4.79 Å². The maximum absolute atomic E-state index is 10.4. The SMILES string of the molecule is CC(C)n1cc(OCCC(N)=O)cn1. The Morgan fingerprint density at radius 3 is 2.93 bits per heavy atom. The molecular weight excluding hydrogens is 182 g/mol. The fourth-order valence-electron chi connectivity index (χ4n) is 0.947. The smallest absolute Gasteiger partial charge is 0.220 e. The van der Waals surface area contributed by atoms with Crippen LogP contribution in [0.4, 0.5) is 0 Å². The Kier molecular flexibility index (Phi) is 3.50. The van der Waals surface area contributed by atoms with Crippen LogP contribution in [0.1, 0.15) is 26.3 Å². The molecular formula is C9H15N3O2. The maximum Gasteiger partial charge on any atom is 0.220 e. The number of aromatic nitrogens is 2. The molecule has 0 bridgehead atoms. The summed E-state index contributed by atoms with van der Waals surface area (Å²) in [7, 11) is 0. The molecule has 0 fully saturated rings. The van der Waals surface area contributed by atoms with Crippen molar-refractivity contribution in [3.05, 3.63) is 12.4 Å². The van der Waals surface area contributed by atoms with E-state index in [-0.39, 0.29) is 12.3 Å². The zero-order chi connectivity index (χ0) is 10.6. The normalized spacial score (nSPS) is 10.5. The van der Waals surface area contributed by atoms with Gasteiger partial charge >= 0.3 is 0 Å². The van der Waals surface area contributed by atoms with Gasteiger partial charge in [0.05, 0.1) is 25.4 Å². The van der Waals surface area contributed by atoms with Crippen molar-refractivity contribution in [2.75, 3.05) is 6.61 Å². The molecule has 0 atom stereocenters. The lowest BCUT2D eigenvalue weighted by molar-refractivity contribution is -0.118. The number of hydrogen-bond donors (Lipinski definition) is 1. The largest absolute Gasteiger partial charge is 0.490 e. The standard InChI is InChI=1S/C9H15N3O2/c1-7(2)12-6-8(5-11-12)14-4-3-9(10)13/h5-7H,3-4H2,1-2H3,(H2,10,13). The molecule has 0 aliphatic carbocycles. The van der Waals surface area contributed by atoms with Crippen molar-refractivity contribution in [1.29, 1.82) is 0 Å². The molecule has 5 heteroatoms. The first-order valence-corrected chi connectivity index (χ1v) is 4.55.